The van der Waals surface area contributed by atoms with Crippen molar-refractivity contribution in [2.75, 3.05) is 5.32 Å². The number of nitrogens with zero attached hydrogens (tertiary/aromatic N) is 4. The molecule has 0 aliphatic heterocycles. The molecule has 110 valence electrons. The predicted molar refractivity (Wildman–Crippen MR) is 87.7 cm³/mol. The molecule has 0 bridgehead atoms. The van der Waals surface area contributed by atoms with Gasteiger partial charge in [-0.15, -0.1) is 11.3 Å². The number of hydrogen-bond acceptors (Lipinski definition) is 5. The summed E-state index contributed by atoms with van der Waals surface area (Å²) >= 11 is 7.70. The van der Waals surface area contributed by atoms with Gasteiger partial charge in [0.1, 0.15) is 10.6 Å². The Labute approximate surface area is 132 Å². The third-order valence-electron chi connectivity index (χ3n) is 3.26. The molecule has 0 saturated heterocycles. The van der Waals surface area contributed by atoms with Crippen LogP contribution in [0.25, 0.3) is 10.2 Å². The maximum atomic E-state index is 6.04. The molecular formula is C14H16ClN5S. The zero-order valence-corrected chi connectivity index (χ0v) is 13.7. The third kappa shape index (κ3) is 2.73. The second kappa shape index (κ2) is 5.61. The molecule has 3 aromatic heterocycles. The van der Waals surface area contributed by atoms with Crippen molar-refractivity contribution in [1.82, 2.24) is 19.7 Å². The summed E-state index contributed by atoms with van der Waals surface area (Å²) in [5, 5.41) is 9.05. The fourth-order valence-electron chi connectivity index (χ4n) is 2.24. The van der Waals surface area contributed by atoms with Crippen LogP contribution in [-0.4, -0.2) is 19.7 Å². The lowest BCUT2D eigenvalue weighted by Gasteiger charge is -2.06. The van der Waals surface area contributed by atoms with Crippen molar-refractivity contribution in [2.45, 2.75) is 26.7 Å². The molecule has 21 heavy (non-hydrogen) atoms. The molecular weight excluding hydrogens is 306 g/mol. The fraction of sp³-hybridized carbons (Fsp3) is 0.357. The van der Waals surface area contributed by atoms with E-state index in [1.165, 1.54) is 4.88 Å². The van der Waals surface area contributed by atoms with Crippen LogP contribution < -0.4 is 5.32 Å². The Hall–Kier alpha value is -1.66. The van der Waals surface area contributed by atoms with Crippen molar-refractivity contribution in [3.05, 3.63) is 28.1 Å². The first-order chi connectivity index (χ1) is 10.1. The molecule has 0 atom stereocenters. The van der Waals surface area contributed by atoms with E-state index in [4.69, 9.17) is 11.6 Å². The molecule has 0 aliphatic rings. The van der Waals surface area contributed by atoms with Crippen molar-refractivity contribution in [3.8, 4) is 0 Å². The highest BCUT2D eigenvalue weighted by Crippen LogP contribution is 2.32. The minimum absolute atomic E-state index is 0.261. The Morgan fingerprint density at radius 3 is 2.81 bits per heavy atom. The van der Waals surface area contributed by atoms with Crippen molar-refractivity contribution in [1.29, 1.82) is 0 Å². The molecule has 0 radical (unpaired) electrons. The van der Waals surface area contributed by atoms with Crippen LogP contribution in [0.1, 0.15) is 24.4 Å². The second-order valence-electron chi connectivity index (χ2n) is 4.77. The monoisotopic (exact) mass is 321 g/mol. The maximum absolute atomic E-state index is 6.04. The van der Waals surface area contributed by atoms with Crippen molar-refractivity contribution >= 4 is 44.7 Å². The van der Waals surface area contributed by atoms with E-state index < -0.39 is 0 Å². The zero-order chi connectivity index (χ0) is 15.0. The first kappa shape index (κ1) is 14.3. The number of nitrogens with one attached hydrogen (secondary N) is 1. The standard InChI is InChI=1S/C14H16ClN5S/c1-4-8-6-9-12(17-14(15)18-13(9)21-8)16-11-7-20(3)19-10(11)5-2/h6-7H,4-5H2,1-3H3,(H,16,17,18). The fourth-order valence-corrected chi connectivity index (χ4v) is 3.43. The molecule has 0 saturated carbocycles. The van der Waals surface area contributed by atoms with E-state index in [1.54, 1.807) is 16.0 Å². The summed E-state index contributed by atoms with van der Waals surface area (Å²) in [7, 11) is 1.91. The van der Waals surface area contributed by atoms with Crippen LogP contribution in [0.5, 0.6) is 0 Å². The molecule has 0 aliphatic carbocycles. The van der Waals surface area contributed by atoms with Crippen LogP contribution in [0.2, 0.25) is 5.28 Å². The van der Waals surface area contributed by atoms with E-state index in [-0.39, 0.29) is 5.28 Å². The molecule has 0 fully saturated rings. The Bertz CT molecular complexity index is 792. The highest BCUT2D eigenvalue weighted by molar-refractivity contribution is 7.18. The Balaban J connectivity index is 2.08. The van der Waals surface area contributed by atoms with E-state index in [1.807, 2.05) is 13.2 Å². The minimum atomic E-state index is 0.261. The maximum Gasteiger partial charge on any atom is 0.225 e. The number of thiophene rings is 1. The lowest BCUT2D eigenvalue weighted by atomic mass is 10.2. The number of aromatic nitrogens is 4. The molecule has 7 heteroatoms. The van der Waals surface area contributed by atoms with Crippen LogP contribution in [0.4, 0.5) is 11.5 Å². The molecule has 0 amide bonds. The van der Waals surface area contributed by atoms with Crippen LogP contribution in [0, 0.1) is 0 Å². The molecule has 1 N–H and O–H groups in total. The highest BCUT2D eigenvalue weighted by Gasteiger charge is 2.13. The van der Waals surface area contributed by atoms with Crippen LogP contribution in [0.15, 0.2) is 12.3 Å². The summed E-state index contributed by atoms with van der Waals surface area (Å²) in [6.45, 7) is 4.21. The normalized spacial score (nSPS) is 11.2. The predicted octanol–water partition coefficient (Wildman–Crippen LogP) is 3.95. The van der Waals surface area contributed by atoms with Gasteiger partial charge >= 0.3 is 0 Å². The lowest BCUT2D eigenvalue weighted by Crippen LogP contribution is -1.97. The largest absolute Gasteiger partial charge is 0.337 e. The Morgan fingerprint density at radius 2 is 2.10 bits per heavy atom. The van der Waals surface area contributed by atoms with Crippen molar-refractivity contribution in [3.63, 3.8) is 0 Å². The van der Waals surface area contributed by atoms with E-state index in [2.05, 4.69) is 40.3 Å². The van der Waals surface area contributed by atoms with Crippen LogP contribution >= 0.6 is 22.9 Å². The second-order valence-corrected chi connectivity index (χ2v) is 6.22. The number of halogens is 1. The zero-order valence-electron chi connectivity index (χ0n) is 12.1. The minimum Gasteiger partial charge on any atom is -0.337 e. The van der Waals surface area contributed by atoms with Crippen LogP contribution in [0.3, 0.4) is 0 Å². The van der Waals surface area contributed by atoms with E-state index in [0.29, 0.717) is 0 Å². The average Bonchev–Trinajstić information content (AvgIpc) is 3.01. The number of rotatable bonds is 4. The van der Waals surface area contributed by atoms with E-state index in [9.17, 15) is 0 Å². The molecule has 0 unspecified atom stereocenters. The number of anilines is 2. The summed E-state index contributed by atoms with van der Waals surface area (Å²) < 4.78 is 1.80. The van der Waals surface area contributed by atoms with E-state index in [0.717, 1.165) is 40.3 Å². The van der Waals surface area contributed by atoms with Crippen molar-refractivity contribution in [2.24, 2.45) is 7.05 Å². The van der Waals surface area contributed by atoms with E-state index >= 15 is 0 Å². The molecule has 3 aromatic rings. The van der Waals surface area contributed by atoms with Gasteiger partial charge in [0.05, 0.1) is 16.8 Å². The highest BCUT2D eigenvalue weighted by atomic mass is 35.5. The molecule has 0 aromatic carbocycles. The van der Waals surface area contributed by atoms with Gasteiger partial charge in [-0.2, -0.15) is 10.1 Å². The lowest BCUT2D eigenvalue weighted by molar-refractivity contribution is 0.746. The van der Waals surface area contributed by atoms with Gasteiger partial charge in [-0.25, -0.2) is 4.98 Å². The number of hydrogen-bond donors (Lipinski definition) is 1. The van der Waals surface area contributed by atoms with Gasteiger partial charge in [0.2, 0.25) is 5.28 Å². The summed E-state index contributed by atoms with van der Waals surface area (Å²) in [4.78, 5) is 10.8. The van der Waals surface area contributed by atoms with Gasteiger partial charge in [-0.3, -0.25) is 4.68 Å². The Morgan fingerprint density at radius 1 is 1.29 bits per heavy atom. The van der Waals surface area contributed by atoms with Gasteiger partial charge in [0, 0.05) is 18.1 Å². The SMILES string of the molecule is CCc1cc2c(Nc3cn(C)nc3CC)nc(Cl)nc2s1. The Kier molecular flexibility index (Phi) is 3.82. The van der Waals surface area contributed by atoms with Crippen molar-refractivity contribution < 1.29 is 0 Å². The van der Waals surface area contributed by atoms with Gasteiger partial charge in [0.15, 0.2) is 0 Å². The van der Waals surface area contributed by atoms with Gasteiger partial charge in [0.25, 0.3) is 0 Å². The first-order valence-corrected chi connectivity index (χ1v) is 8.05. The molecule has 0 spiro atoms. The third-order valence-corrected chi connectivity index (χ3v) is 4.60. The molecule has 3 rings (SSSR count). The smallest absolute Gasteiger partial charge is 0.225 e. The quantitative estimate of drug-likeness (QED) is 0.739. The summed E-state index contributed by atoms with van der Waals surface area (Å²) in [5.74, 6) is 0.739. The summed E-state index contributed by atoms with van der Waals surface area (Å²) in [6.07, 6.45) is 3.79. The van der Waals surface area contributed by atoms with Gasteiger partial charge in [-0.05, 0) is 30.5 Å². The average molecular weight is 322 g/mol. The van der Waals surface area contributed by atoms with Gasteiger partial charge in [-0.1, -0.05) is 13.8 Å². The summed E-state index contributed by atoms with van der Waals surface area (Å²) in [5.41, 5.74) is 1.96. The molecule has 3 heterocycles. The van der Waals surface area contributed by atoms with Crippen LogP contribution in [-0.2, 0) is 19.9 Å². The van der Waals surface area contributed by atoms with Gasteiger partial charge < -0.3 is 5.32 Å². The first-order valence-electron chi connectivity index (χ1n) is 6.86. The topological polar surface area (TPSA) is 55.6 Å². The summed E-state index contributed by atoms with van der Waals surface area (Å²) in [6, 6.07) is 2.13. The number of aryl methyl sites for hydroxylation is 3. The number of fused-ring (bicyclic) bond motifs is 1. The molecule has 5 nitrogen and oxygen atoms in total.